The Balaban J connectivity index is 2.01. The Labute approximate surface area is 128 Å². The van der Waals surface area contributed by atoms with Gasteiger partial charge in [0.15, 0.2) is 5.65 Å². The molecule has 1 N–H and O–H groups in total. The van der Waals surface area contributed by atoms with Crippen molar-refractivity contribution >= 4 is 26.9 Å². The lowest BCUT2D eigenvalue weighted by atomic mass is 10.3. The van der Waals surface area contributed by atoms with E-state index in [1.807, 2.05) is 13.8 Å². The number of rotatable bonds is 3. The number of sulfonamides is 1. The standard InChI is InChI=1S/C14H15N5O2S/c1-9-4-5-13(15-7-9)18-22(20,21)11-6-12-10(2)17-19(3)14(12)16-8-11/h4-8H,1-3H3,(H,15,18). The Morgan fingerprint density at radius 1 is 1.14 bits per heavy atom. The van der Waals surface area contributed by atoms with E-state index < -0.39 is 10.0 Å². The summed E-state index contributed by atoms with van der Waals surface area (Å²) in [5.74, 6) is 0.272. The van der Waals surface area contributed by atoms with Gasteiger partial charge in [-0.2, -0.15) is 5.10 Å². The third-order valence-electron chi connectivity index (χ3n) is 3.30. The third-order valence-corrected chi connectivity index (χ3v) is 4.62. The minimum absolute atomic E-state index is 0.0819. The highest BCUT2D eigenvalue weighted by Gasteiger charge is 2.18. The lowest BCUT2D eigenvalue weighted by molar-refractivity contribution is 0.600. The van der Waals surface area contributed by atoms with E-state index in [-0.39, 0.29) is 10.7 Å². The number of nitrogens with zero attached hydrogens (tertiary/aromatic N) is 4. The van der Waals surface area contributed by atoms with E-state index in [1.165, 1.54) is 6.20 Å². The van der Waals surface area contributed by atoms with Gasteiger partial charge in [-0.1, -0.05) is 6.07 Å². The van der Waals surface area contributed by atoms with Crippen molar-refractivity contribution in [3.63, 3.8) is 0 Å². The minimum atomic E-state index is -3.74. The molecule has 0 spiro atoms. The van der Waals surface area contributed by atoms with Gasteiger partial charge in [-0.25, -0.2) is 18.4 Å². The largest absolute Gasteiger partial charge is 0.264 e. The molecule has 0 aliphatic rings. The maximum absolute atomic E-state index is 12.4. The predicted molar refractivity (Wildman–Crippen MR) is 83.0 cm³/mol. The molecule has 3 rings (SSSR count). The number of hydrogen-bond acceptors (Lipinski definition) is 5. The van der Waals surface area contributed by atoms with Crippen LogP contribution in [0.25, 0.3) is 11.0 Å². The molecule has 0 bridgehead atoms. The summed E-state index contributed by atoms with van der Waals surface area (Å²) in [6, 6.07) is 4.98. The second kappa shape index (κ2) is 5.06. The fourth-order valence-electron chi connectivity index (χ4n) is 2.16. The first-order valence-electron chi connectivity index (χ1n) is 6.62. The summed E-state index contributed by atoms with van der Waals surface area (Å²) in [5.41, 5.74) is 2.33. The lowest BCUT2D eigenvalue weighted by Crippen LogP contribution is -2.14. The minimum Gasteiger partial charge on any atom is -0.263 e. The number of aromatic nitrogens is 4. The fraction of sp³-hybridized carbons (Fsp3) is 0.214. The van der Waals surface area contributed by atoms with Crippen LogP contribution in [0.2, 0.25) is 0 Å². The van der Waals surface area contributed by atoms with E-state index in [0.717, 1.165) is 11.3 Å². The van der Waals surface area contributed by atoms with Crippen LogP contribution in [0.5, 0.6) is 0 Å². The number of hydrogen-bond donors (Lipinski definition) is 1. The van der Waals surface area contributed by atoms with Crippen LogP contribution in [0.15, 0.2) is 35.5 Å². The molecule has 0 atom stereocenters. The van der Waals surface area contributed by atoms with Crippen molar-refractivity contribution in [2.24, 2.45) is 7.05 Å². The highest BCUT2D eigenvalue weighted by Crippen LogP contribution is 2.20. The van der Waals surface area contributed by atoms with Crippen LogP contribution in [0, 0.1) is 13.8 Å². The summed E-state index contributed by atoms with van der Waals surface area (Å²) in [7, 11) is -1.97. The normalized spacial score (nSPS) is 11.8. The van der Waals surface area contributed by atoms with Gasteiger partial charge in [-0.15, -0.1) is 0 Å². The molecule has 7 nitrogen and oxygen atoms in total. The summed E-state index contributed by atoms with van der Waals surface area (Å²) in [6.45, 7) is 3.70. The monoisotopic (exact) mass is 317 g/mol. The SMILES string of the molecule is Cc1ccc(NS(=O)(=O)c2cnc3c(c2)c(C)nn3C)nc1. The van der Waals surface area contributed by atoms with Gasteiger partial charge in [-0.05, 0) is 31.5 Å². The van der Waals surface area contributed by atoms with Gasteiger partial charge in [0.05, 0.1) is 5.69 Å². The summed E-state index contributed by atoms with van der Waals surface area (Å²) in [5, 5.41) is 4.94. The van der Waals surface area contributed by atoms with E-state index >= 15 is 0 Å². The van der Waals surface area contributed by atoms with Gasteiger partial charge in [0.25, 0.3) is 10.0 Å². The molecule has 3 aromatic heterocycles. The first kappa shape index (κ1) is 14.5. The van der Waals surface area contributed by atoms with Crippen molar-refractivity contribution in [1.82, 2.24) is 19.7 Å². The molecule has 3 heterocycles. The molecule has 8 heteroatoms. The number of anilines is 1. The molecule has 0 saturated carbocycles. The van der Waals surface area contributed by atoms with Crippen molar-refractivity contribution in [3.05, 3.63) is 41.9 Å². The molecular weight excluding hydrogens is 302 g/mol. The first-order valence-corrected chi connectivity index (χ1v) is 8.10. The van der Waals surface area contributed by atoms with Gasteiger partial charge < -0.3 is 0 Å². The van der Waals surface area contributed by atoms with Gasteiger partial charge in [0.2, 0.25) is 0 Å². The summed E-state index contributed by atoms with van der Waals surface area (Å²) >= 11 is 0. The average molecular weight is 317 g/mol. The molecule has 0 amide bonds. The molecule has 114 valence electrons. The van der Waals surface area contributed by atoms with Crippen LogP contribution in [-0.2, 0) is 17.1 Å². The van der Waals surface area contributed by atoms with E-state index in [9.17, 15) is 8.42 Å². The zero-order chi connectivity index (χ0) is 15.9. The zero-order valence-electron chi connectivity index (χ0n) is 12.4. The molecule has 0 radical (unpaired) electrons. The smallest absolute Gasteiger partial charge is 0.263 e. The van der Waals surface area contributed by atoms with Gasteiger partial charge in [-0.3, -0.25) is 9.40 Å². The van der Waals surface area contributed by atoms with Crippen molar-refractivity contribution < 1.29 is 8.42 Å². The van der Waals surface area contributed by atoms with Crippen LogP contribution in [0.3, 0.4) is 0 Å². The molecule has 0 fully saturated rings. The summed E-state index contributed by atoms with van der Waals surface area (Å²) in [6.07, 6.45) is 2.92. The van der Waals surface area contributed by atoms with Crippen molar-refractivity contribution in [1.29, 1.82) is 0 Å². The molecular formula is C14H15N5O2S. The van der Waals surface area contributed by atoms with Crippen molar-refractivity contribution in [2.45, 2.75) is 18.7 Å². The van der Waals surface area contributed by atoms with Gasteiger partial charge >= 0.3 is 0 Å². The molecule has 0 aliphatic carbocycles. The predicted octanol–water partition coefficient (Wildman–Crippen LogP) is 1.78. The van der Waals surface area contributed by atoms with Crippen molar-refractivity contribution in [3.8, 4) is 0 Å². The Hall–Kier alpha value is -2.48. The Morgan fingerprint density at radius 3 is 2.59 bits per heavy atom. The number of fused-ring (bicyclic) bond motifs is 1. The quantitative estimate of drug-likeness (QED) is 0.795. The second-order valence-corrected chi connectivity index (χ2v) is 6.76. The van der Waals surface area contributed by atoms with Crippen molar-refractivity contribution in [2.75, 3.05) is 4.72 Å². The Morgan fingerprint density at radius 2 is 1.91 bits per heavy atom. The van der Waals surface area contributed by atoms with E-state index in [2.05, 4.69) is 19.8 Å². The van der Waals surface area contributed by atoms with Crippen LogP contribution in [0.1, 0.15) is 11.3 Å². The topological polar surface area (TPSA) is 89.8 Å². The molecule has 0 unspecified atom stereocenters. The van der Waals surface area contributed by atoms with Gasteiger partial charge in [0.1, 0.15) is 10.7 Å². The number of pyridine rings is 2. The highest BCUT2D eigenvalue weighted by atomic mass is 32.2. The molecule has 22 heavy (non-hydrogen) atoms. The number of nitrogens with one attached hydrogen (secondary N) is 1. The van der Waals surface area contributed by atoms with Gasteiger partial charge in [0, 0.05) is 24.8 Å². The van der Waals surface area contributed by atoms with Crippen LogP contribution in [0.4, 0.5) is 5.82 Å². The highest BCUT2D eigenvalue weighted by molar-refractivity contribution is 7.92. The summed E-state index contributed by atoms with van der Waals surface area (Å²) in [4.78, 5) is 8.31. The number of aryl methyl sites for hydroxylation is 3. The Kier molecular flexibility index (Phi) is 3.32. The first-order chi connectivity index (χ1) is 10.4. The Bertz CT molecular complexity index is 945. The average Bonchev–Trinajstić information content (AvgIpc) is 2.76. The van der Waals surface area contributed by atoms with E-state index in [0.29, 0.717) is 11.0 Å². The van der Waals surface area contributed by atoms with Crippen LogP contribution >= 0.6 is 0 Å². The zero-order valence-corrected chi connectivity index (χ0v) is 13.2. The van der Waals surface area contributed by atoms with E-state index in [4.69, 9.17) is 0 Å². The summed E-state index contributed by atoms with van der Waals surface area (Å²) < 4.78 is 28.9. The molecule has 0 aliphatic heterocycles. The third kappa shape index (κ3) is 2.52. The second-order valence-electron chi connectivity index (χ2n) is 5.08. The van der Waals surface area contributed by atoms with Crippen LogP contribution < -0.4 is 4.72 Å². The fourth-order valence-corrected chi connectivity index (χ4v) is 3.14. The molecule has 3 aromatic rings. The molecule has 0 saturated heterocycles. The maximum atomic E-state index is 12.4. The maximum Gasteiger partial charge on any atom is 0.264 e. The lowest BCUT2D eigenvalue weighted by Gasteiger charge is -2.07. The van der Waals surface area contributed by atoms with Crippen LogP contribution in [-0.4, -0.2) is 28.2 Å². The van der Waals surface area contributed by atoms with E-state index in [1.54, 1.807) is 36.1 Å². The molecule has 0 aromatic carbocycles.